The Kier molecular flexibility index (Phi) is 14.2. The van der Waals surface area contributed by atoms with Gasteiger partial charge in [-0.1, -0.05) is 0 Å². The first-order valence-corrected chi connectivity index (χ1v) is 10.3. The Morgan fingerprint density at radius 3 is 2.18 bits per heavy atom. The van der Waals surface area contributed by atoms with Gasteiger partial charge in [0.2, 0.25) is 23.6 Å². The third-order valence-corrected chi connectivity index (χ3v) is 4.60. The fourth-order valence-corrected chi connectivity index (χ4v) is 2.79. The second kappa shape index (κ2) is 15.7. The van der Waals surface area contributed by atoms with E-state index in [4.69, 9.17) is 10.8 Å². The number of aliphatic hydroxyl groups is 3. The van der Waals surface area contributed by atoms with E-state index in [0.717, 1.165) is 14.0 Å². The van der Waals surface area contributed by atoms with Crippen molar-refractivity contribution in [2.75, 3.05) is 20.3 Å². The summed E-state index contributed by atoms with van der Waals surface area (Å²) in [5.41, 5.74) is 5.04. The lowest BCUT2D eigenvalue weighted by molar-refractivity contribution is -0.145. The highest BCUT2D eigenvalue weighted by Gasteiger charge is 2.33. The van der Waals surface area contributed by atoms with Crippen molar-refractivity contribution in [3.05, 3.63) is 0 Å². The van der Waals surface area contributed by atoms with Gasteiger partial charge in [-0.2, -0.15) is 0 Å². The molecule has 9 N–H and O–H groups in total. The van der Waals surface area contributed by atoms with Gasteiger partial charge in [0.05, 0.1) is 32.4 Å². The highest BCUT2D eigenvalue weighted by Crippen LogP contribution is 2.05. The summed E-state index contributed by atoms with van der Waals surface area (Å²) in [4.78, 5) is 70.0. The molecule has 15 nitrogen and oxygen atoms in total. The van der Waals surface area contributed by atoms with E-state index in [2.05, 4.69) is 26.0 Å². The zero-order valence-electron chi connectivity index (χ0n) is 19.1. The summed E-state index contributed by atoms with van der Waals surface area (Å²) in [5, 5.41) is 38.3. The highest BCUT2D eigenvalue weighted by atomic mass is 16.5. The summed E-state index contributed by atoms with van der Waals surface area (Å²) < 4.78 is 4.56. The Morgan fingerprint density at radius 1 is 1.09 bits per heavy atom. The van der Waals surface area contributed by atoms with E-state index >= 15 is 0 Å². The summed E-state index contributed by atoms with van der Waals surface area (Å²) in [5.74, 6) is -3.68. The molecule has 4 amide bonds. The maximum absolute atomic E-state index is 12.3. The first-order valence-electron chi connectivity index (χ1n) is 10.3. The first kappa shape index (κ1) is 30.9. The molecular formula is C19H33N5O10. The number of amides is 4. The van der Waals surface area contributed by atoms with Gasteiger partial charge in [0, 0.05) is 13.3 Å². The minimum atomic E-state index is -1.74. The van der Waals surface area contributed by atoms with Crippen molar-refractivity contribution in [1.82, 2.24) is 21.3 Å². The number of methoxy groups -OCH3 is 1. The van der Waals surface area contributed by atoms with Gasteiger partial charge in [0.1, 0.15) is 30.5 Å². The fourth-order valence-electron chi connectivity index (χ4n) is 2.79. The van der Waals surface area contributed by atoms with Gasteiger partial charge in [0.25, 0.3) is 0 Å². The van der Waals surface area contributed by atoms with E-state index in [1.165, 1.54) is 6.92 Å². The number of nitrogens with two attached hydrogens (primary N) is 1. The average Bonchev–Trinajstić information content (AvgIpc) is 2.78. The van der Waals surface area contributed by atoms with Gasteiger partial charge in [-0.25, -0.2) is 4.79 Å². The molecule has 0 bridgehead atoms. The molecule has 6 atom stereocenters. The molecule has 0 saturated carbocycles. The number of rotatable bonds is 16. The second-order valence-corrected chi connectivity index (χ2v) is 7.39. The van der Waals surface area contributed by atoms with Crippen LogP contribution in [0.15, 0.2) is 0 Å². The molecule has 0 aliphatic heterocycles. The number of esters is 1. The molecule has 0 aromatic carbocycles. The predicted octanol–water partition coefficient (Wildman–Crippen LogP) is -5.21. The van der Waals surface area contributed by atoms with Crippen LogP contribution in [0.4, 0.5) is 0 Å². The van der Waals surface area contributed by atoms with Crippen LogP contribution in [0.5, 0.6) is 0 Å². The smallest absolute Gasteiger partial charge is 0.328 e. The molecule has 34 heavy (non-hydrogen) atoms. The van der Waals surface area contributed by atoms with E-state index < -0.39 is 79.1 Å². The minimum Gasteiger partial charge on any atom is -0.467 e. The number of ether oxygens (including phenoxy) is 1. The van der Waals surface area contributed by atoms with Gasteiger partial charge in [-0.3, -0.25) is 19.2 Å². The van der Waals surface area contributed by atoms with Crippen molar-refractivity contribution < 1.29 is 48.8 Å². The van der Waals surface area contributed by atoms with Crippen molar-refractivity contribution >= 4 is 35.9 Å². The number of aldehydes is 1. The number of nitrogens with one attached hydrogen (secondary N) is 4. The molecule has 0 radical (unpaired) electrons. The van der Waals surface area contributed by atoms with Crippen molar-refractivity contribution in [3.8, 4) is 0 Å². The Bertz CT molecular complexity index is 734. The average molecular weight is 491 g/mol. The summed E-state index contributed by atoms with van der Waals surface area (Å²) in [6.45, 7) is 0.999. The quantitative estimate of drug-likeness (QED) is 0.0748. The van der Waals surface area contributed by atoms with E-state index in [1.807, 2.05) is 0 Å². The number of carbonyl (C=O) groups excluding carboxylic acids is 6. The zero-order chi connectivity index (χ0) is 26.4. The molecule has 0 fully saturated rings. The minimum absolute atomic E-state index is 0.112. The standard InChI is InChI=1S/C19H33N5O10/c1-9(18(32)24-11(19(33)34-3)4-5-14(20)29)22-15(30)6-21-16(17(31)13(28)8-26)12(7-25)23-10(2)27/h7,9,11-13,16-17,21,26,28,31H,4-6,8H2,1-3H3,(H2,20,29)(H,22,30)(H,23,27)(H,24,32). The largest absolute Gasteiger partial charge is 0.467 e. The highest BCUT2D eigenvalue weighted by molar-refractivity contribution is 5.91. The fraction of sp³-hybridized carbons (Fsp3) is 0.684. The van der Waals surface area contributed by atoms with Gasteiger partial charge in [-0.15, -0.1) is 0 Å². The molecule has 0 heterocycles. The van der Waals surface area contributed by atoms with E-state index in [9.17, 15) is 39.0 Å². The third-order valence-electron chi connectivity index (χ3n) is 4.60. The van der Waals surface area contributed by atoms with E-state index in [1.54, 1.807) is 0 Å². The van der Waals surface area contributed by atoms with Crippen LogP contribution in [0.25, 0.3) is 0 Å². The van der Waals surface area contributed by atoms with Crippen molar-refractivity contribution in [1.29, 1.82) is 0 Å². The second-order valence-electron chi connectivity index (χ2n) is 7.39. The van der Waals surface area contributed by atoms with Crippen molar-refractivity contribution in [2.45, 2.75) is 63.1 Å². The SMILES string of the molecule is COC(=O)C(CCC(N)=O)NC(=O)C(C)NC(=O)CNC(C(C=O)NC(C)=O)C(O)C(O)CO. The van der Waals surface area contributed by atoms with Crippen LogP contribution in [0.2, 0.25) is 0 Å². The van der Waals surface area contributed by atoms with Crippen LogP contribution in [-0.2, 0) is 33.5 Å². The number of primary amides is 1. The molecular weight excluding hydrogens is 458 g/mol. The summed E-state index contributed by atoms with van der Waals surface area (Å²) in [6.07, 6.45) is -3.46. The molecule has 0 spiro atoms. The van der Waals surface area contributed by atoms with Crippen LogP contribution >= 0.6 is 0 Å². The molecule has 0 aliphatic carbocycles. The van der Waals surface area contributed by atoms with Crippen molar-refractivity contribution in [3.63, 3.8) is 0 Å². The first-order chi connectivity index (χ1) is 15.9. The lowest BCUT2D eigenvalue weighted by Gasteiger charge is -2.31. The number of aliphatic hydroxyl groups excluding tert-OH is 3. The lowest BCUT2D eigenvalue weighted by Crippen LogP contribution is -2.61. The molecule has 0 rings (SSSR count). The summed E-state index contributed by atoms with van der Waals surface area (Å²) in [7, 11) is 1.09. The molecule has 15 heteroatoms. The summed E-state index contributed by atoms with van der Waals surface area (Å²) in [6, 6.07) is -5.05. The molecule has 6 unspecified atom stereocenters. The number of carbonyl (C=O) groups is 6. The Morgan fingerprint density at radius 2 is 1.71 bits per heavy atom. The van der Waals surface area contributed by atoms with Gasteiger partial charge >= 0.3 is 5.97 Å². The lowest BCUT2D eigenvalue weighted by atomic mass is 9.98. The van der Waals surface area contributed by atoms with Crippen LogP contribution in [0.1, 0.15) is 26.7 Å². The monoisotopic (exact) mass is 491 g/mol. The van der Waals surface area contributed by atoms with Gasteiger partial charge < -0.3 is 51.9 Å². The molecule has 0 saturated heterocycles. The third kappa shape index (κ3) is 11.1. The normalized spacial score (nSPS) is 16.1. The zero-order valence-corrected chi connectivity index (χ0v) is 19.1. The molecule has 0 aromatic rings. The Labute approximate surface area is 195 Å². The molecule has 0 aromatic heterocycles. The van der Waals surface area contributed by atoms with Gasteiger partial charge in [0.15, 0.2) is 0 Å². The maximum Gasteiger partial charge on any atom is 0.328 e. The van der Waals surface area contributed by atoms with E-state index in [0.29, 0.717) is 0 Å². The Balaban J connectivity index is 5.11. The molecule has 194 valence electrons. The van der Waals surface area contributed by atoms with Crippen LogP contribution in [0.3, 0.4) is 0 Å². The van der Waals surface area contributed by atoms with E-state index in [-0.39, 0.29) is 19.1 Å². The van der Waals surface area contributed by atoms with Crippen molar-refractivity contribution in [2.24, 2.45) is 5.73 Å². The number of hydrogen-bond acceptors (Lipinski definition) is 11. The molecule has 0 aliphatic rings. The topological polar surface area (TPSA) is 246 Å². The van der Waals surface area contributed by atoms with Crippen LogP contribution in [-0.4, -0.2) is 108 Å². The maximum atomic E-state index is 12.3. The predicted molar refractivity (Wildman–Crippen MR) is 115 cm³/mol. The van der Waals surface area contributed by atoms with Crippen LogP contribution < -0.4 is 27.0 Å². The van der Waals surface area contributed by atoms with Crippen LogP contribution in [0, 0.1) is 0 Å². The Hall–Kier alpha value is -3.14. The van der Waals surface area contributed by atoms with Gasteiger partial charge in [-0.05, 0) is 13.3 Å². The summed E-state index contributed by atoms with van der Waals surface area (Å²) >= 11 is 0. The number of hydrogen-bond donors (Lipinski definition) is 8.